The molecule has 1 spiro atoms. The number of ether oxygens (including phenoxy) is 2. The van der Waals surface area contributed by atoms with Crippen molar-refractivity contribution >= 4 is 22.7 Å². The van der Waals surface area contributed by atoms with Crippen LogP contribution in [0.5, 0.6) is 11.5 Å². The van der Waals surface area contributed by atoms with Crippen LogP contribution in [-0.4, -0.2) is 42.4 Å². The monoisotopic (exact) mass is 419 g/mol. The number of para-hydroxylation sites is 1. The summed E-state index contributed by atoms with van der Waals surface area (Å²) < 4.78 is 16.8. The van der Waals surface area contributed by atoms with E-state index in [1.807, 2.05) is 6.07 Å². The number of hydrogen-bond acceptors (Lipinski definition) is 6. The minimum Gasteiger partial charge on any atom is -0.497 e. The van der Waals surface area contributed by atoms with E-state index in [1.165, 1.54) is 0 Å². The van der Waals surface area contributed by atoms with Crippen LogP contribution in [0.3, 0.4) is 0 Å². The van der Waals surface area contributed by atoms with Crippen LogP contribution in [0.25, 0.3) is 11.0 Å². The van der Waals surface area contributed by atoms with E-state index in [-0.39, 0.29) is 23.7 Å². The van der Waals surface area contributed by atoms with Crippen molar-refractivity contribution in [3.8, 4) is 11.5 Å². The maximum Gasteiger partial charge on any atom is 0.349 e. The zero-order chi connectivity index (χ0) is 21.6. The molecule has 1 saturated heterocycles. The molecule has 3 aromatic rings. The van der Waals surface area contributed by atoms with Gasteiger partial charge in [0.05, 0.1) is 19.1 Å². The van der Waals surface area contributed by atoms with Gasteiger partial charge in [-0.15, -0.1) is 0 Å². The van der Waals surface area contributed by atoms with Gasteiger partial charge in [0.15, 0.2) is 5.78 Å². The summed E-state index contributed by atoms with van der Waals surface area (Å²) >= 11 is 0. The summed E-state index contributed by atoms with van der Waals surface area (Å²) in [5, 5.41) is 0.701. The summed E-state index contributed by atoms with van der Waals surface area (Å²) in [5.74, 6) is 0.810. The zero-order valence-corrected chi connectivity index (χ0v) is 17.1. The highest BCUT2D eigenvalue weighted by Gasteiger charge is 2.44. The van der Waals surface area contributed by atoms with Crippen molar-refractivity contribution in [3.05, 3.63) is 70.1 Å². The Morgan fingerprint density at radius 1 is 1.06 bits per heavy atom. The average Bonchev–Trinajstić information content (AvgIpc) is 2.78. The predicted octanol–water partition coefficient (Wildman–Crippen LogP) is 3.44. The number of fused-ring (bicyclic) bond motifs is 2. The molecule has 31 heavy (non-hydrogen) atoms. The number of piperidine rings is 1. The van der Waals surface area contributed by atoms with Crippen molar-refractivity contribution in [2.45, 2.75) is 24.9 Å². The molecular formula is C24H21NO6. The zero-order valence-electron chi connectivity index (χ0n) is 17.1. The van der Waals surface area contributed by atoms with Crippen molar-refractivity contribution in [2.24, 2.45) is 0 Å². The van der Waals surface area contributed by atoms with Gasteiger partial charge >= 0.3 is 5.63 Å². The van der Waals surface area contributed by atoms with Crippen LogP contribution in [0.4, 0.5) is 0 Å². The normalized spacial score (nSPS) is 17.3. The quantitative estimate of drug-likeness (QED) is 0.592. The Morgan fingerprint density at radius 2 is 1.84 bits per heavy atom. The van der Waals surface area contributed by atoms with Crippen LogP contribution in [-0.2, 0) is 0 Å². The van der Waals surface area contributed by atoms with Gasteiger partial charge in [-0.2, -0.15) is 0 Å². The highest BCUT2D eigenvalue weighted by Crippen LogP contribution is 2.40. The Bertz CT molecular complexity index is 1250. The Kier molecular flexibility index (Phi) is 4.54. The van der Waals surface area contributed by atoms with Gasteiger partial charge in [0.2, 0.25) is 0 Å². The molecule has 1 fully saturated rings. The van der Waals surface area contributed by atoms with E-state index >= 15 is 0 Å². The number of ketones is 1. The number of amides is 1. The lowest BCUT2D eigenvalue weighted by atomic mass is 9.82. The molecule has 1 amide bonds. The van der Waals surface area contributed by atoms with Crippen LogP contribution in [0, 0.1) is 0 Å². The fraction of sp³-hybridized carbons (Fsp3) is 0.292. The SMILES string of the molecule is COc1ccc2c(c1)C(=O)CC1(CCN(C(=O)c3cc4ccccc4oc3=O)CC1)O2. The topological polar surface area (TPSA) is 86.0 Å². The third kappa shape index (κ3) is 3.36. The summed E-state index contributed by atoms with van der Waals surface area (Å²) in [7, 11) is 1.56. The molecule has 2 aliphatic rings. The van der Waals surface area contributed by atoms with Gasteiger partial charge < -0.3 is 18.8 Å². The third-order valence-electron chi connectivity index (χ3n) is 6.13. The first-order chi connectivity index (χ1) is 15.0. The lowest BCUT2D eigenvalue weighted by Crippen LogP contribution is -2.52. The summed E-state index contributed by atoms with van der Waals surface area (Å²) in [6.07, 6.45) is 1.27. The van der Waals surface area contributed by atoms with E-state index in [2.05, 4.69) is 0 Å². The van der Waals surface area contributed by atoms with Gasteiger partial charge in [-0.25, -0.2) is 4.79 Å². The van der Waals surface area contributed by atoms with Gasteiger partial charge in [-0.1, -0.05) is 18.2 Å². The molecule has 2 aliphatic heterocycles. The number of carbonyl (C=O) groups is 2. The van der Waals surface area contributed by atoms with E-state index in [1.54, 1.807) is 54.5 Å². The number of nitrogens with zero attached hydrogens (tertiary/aromatic N) is 1. The number of hydrogen-bond donors (Lipinski definition) is 0. The number of likely N-dealkylation sites (tertiary alicyclic amines) is 1. The van der Waals surface area contributed by atoms with Gasteiger partial charge in [0.25, 0.3) is 5.91 Å². The lowest BCUT2D eigenvalue weighted by Gasteiger charge is -2.43. The molecule has 0 radical (unpaired) electrons. The molecule has 0 N–H and O–H groups in total. The fourth-order valence-electron chi connectivity index (χ4n) is 4.38. The molecule has 7 heteroatoms. The maximum absolute atomic E-state index is 13.0. The average molecular weight is 419 g/mol. The molecule has 0 unspecified atom stereocenters. The van der Waals surface area contributed by atoms with Gasteiger partial charge in [0.1, 0.15) is 28.2 Å². The van der Waals surface area contributed by atoms with Gasteiger partial charge in [-0.3, -0.25) is 9.59 Å². The summed E-state index contributed by atoms with van der Waals surface area (Å²) in [6, 6.07) is 13.9. The number of carbonyl (C=O) groups excluding carboxylic acids is 2. The van der Waals surface area contributed by atoms with E-state index in [0.717, 1.165) is 0 Å². The standard InChI is InChI=1S/C24H21NO6/c1-29-16-6-7-21-17(13-16)19(26)14-24(31-21)8-10-25(11-9-24)22(27)18-12-15-4-2-3-5-20(15)30-23(18)28/h2-7,12-13H,8-11,14H2,1H3. The van der Waals surface area contributed by atoms with E-state index in [0.29, 0.717) is 54.0 Å². The second-order valence-electron chi connectivity index (χ2n) is 8.02. The molecule has 5 rings (SSSR count). The van der Waals surface area contributed by atoms with E-state index in [4.69, 9.17) is 13.9 Å². The Hall–Kier alpha value is -3.61. The van der Waals surface area contributed by atoms with Gasteiger partial charge in [0, 0.05) is 31.3 Å². The largest absolute Gasteiger partial charge is 0.497 e. The maximum atomic E-state index is 13.0. The van der Waals surface area contributed by atoms with Crippen LogP contribution in [0.15, 0.2) is 57.7 Å². The summed E-state index contributed by atoms with van der Waals surface area (Å²) in [5.41, 5.74) is -0.282. The Morgan fingerprint density at radius 3 is 2.61 bits per heavy atom. The van der Waals surface area contributed by atoms with Crippen LogP contribution < -0.4 is 15.1 Å². The third-order valence-corrected chi connectivity index (χ3v) is 6.13. The highest BCUT2D eigenvalue weighted by molar-refractivity contribution is 6.01. The first-order valence-corrected chi connectivity index (χ1v) is 10.2. The predicted molar refractivity (Wildman–Crippen MR) is 113 cm³/mol. The lowest BCUT2D eigenvalue weighted by molar-refractivity contribution is -0.00584. The second kappa shape index (κ2) is 7.27. The van der Waals surface area contributed by atoms with Crippen molar-refractivity contribution in [1.29, 1.82) is 0 Å². The smallest absolute Gasteiger partial charge is 0.349 e. The molecule has 158 valence electrons. The molecule has 0 atom stereocenters. The Balaban J connectivity index is 1.34. The minimum atomic E-state index is -0.643. The van der Waals surface area contributed by atoms with Crippen LogP contribution in [0.2, 0.25) is 0 Å². The second-order valence-corrected chi connectivity index (χ2v) is 8.02. The minimum absolute atomic E-state index is 0.00935. The van der Waals surface area contributed by atoms with Crippen LogP contribution >= 0.6 is 0 Å². The van der Waals surface area contributed by atoms with Crippen molar-refractivity contribution < 1.29 is 23.5 Å². The van der Waals surface area contributed by atoms with Gasteiger partial charge in [-0.05, 0) is 30.3 Å². The molecule has 0 bridgehead atoms. The number of methoxy groups -OCH3 is 1. The first-order valence-electron chi connectivity index (χ1n) is 10.2. The fourth-order valence-corrected chi connectivity index (χ4v) is 4.38. The molecule has 2 aromatic carbocycles. The molecule has 0 aliphatic carbocycles. The molecule has 7 nitrogen and oxygen atoms in total. The van der Waals surface area contributed by atoms with E-state index < -0.39 is 11.2 Å². The molecule has 1 aromatic heterocycles. The number of benzene rings is 2. The molecule has 3 heterocycles. The van der Waals surface area contributed by atoms with E-state index in [9.17, 15) is 14.4 Å². The van der Waals surface area contributed by atoms with Crippen molar-refractivity contribution in [3.63, 3.8) is 0 Å². The summed E-state index contributed by atoms with van der Waals surface area (Å²) in [6.45, 7) is 0.785. The number of rotatable bonds is 2. The Labute approximate surface area is 178 Å². The van der Waals surface area contributed by atoms with Crippen molar-refractivity contribution in [2.75, 3.05) is 20.2 Å². The van der Waals surface area contributed by atoms with Crippen molar-refractivity contribution in [1.82, 2.24) is 4.90 Å². The first kappa shape index (κ1) is 19.4. The number of Topliss-reactive ketones (excluding diaryl/α,β-unsaturated/α-hetero) is 1. The summed E-state index contributed by atoms with van der Waals surface area (Å²) in [4.78, 5) is 39.8. The van der Waals surface area contributed by atoms with Crippen LogP contribution in [0.1, 0.15) is 40.0 Å². The molecular weight excluding hydrogens is 398 g/mol. The molecule has 0 saturated carbocycles. The highest BCUT2D eigenvalue weighted by atomic mass is 16.5.